The molecule has 0 bridgehead atoms. The van der Waals surface area contributed by atoms with Crippen LogP contribution in [0.25, 0.3) is 0 Å². The molecule has 0 amide bonds. The molecule has 3 N–H and O–H groups in total. The lowest BCUT2D eigenvalue weighted by atomic mass is 10.1. The highest BCUT2D eigenvalue weighted by Crippen LogP contribution is 2.35. The molecule has 0 aliphatic carbocycles. The van der Waals surface area contributed by atoms with Crippen molar-refractivity contribution in [2.75, 3.05) is 0 Å². The molecule has 1 aromatic rings. The van der Waals surface area contributed by atoms with Crippen LogP contribution in [0, 0.1) is 6.92 Å². The van der Waals surface area contributed by atoms with Crippen molar-refractivity contribution in [3.63, 3.8) is 0 Å². The second-order valence-corrected chi connectivity index (χ2v) is 4.06. The van der Waals surface area contributed by atoms with Gasteiger partial charge in [-0.3, -0.25) is 5.84 Å². The summed E-state index contributed by atoms with van der Waals surface area (Å²) >= 11 is 10.7. The number of halogens is 4. The summed E-state index contributed by atoms with van der Waals surface area (Å²) in [5, 5.41) is -3.07. The highest BCUT2D eigenvalue weighted by atomic mass is 35.5. The van der Waals surface area contributed by atoms with Crippen LogP contribution in [0.15, 0.2) is 18.2 Å². The van der Waals surface area contributed by atoms with Crippen LogP contribution in [0.2, 0.25) is 5.02 Å². The fourth-order valence-corrected chi connectivity index (χ4v) is 1.55. The van der Waals surface area contributed by atoms with Gasteiger partial charge in [-0.1, -0.05) is 23.7 Å². The molecule has 0 saturated carbocycles. The maximum Gasteiger partial charge on any atom is 0.342 e. The molecule has 1 atom stereocenters. The molecule has 6 heteroatoms. The number of alkyl halides is 3. The number of nitrogens with one attached hydrogen (secondary N) is 1. The standard InChI is InChI=1S/C9H10Cl2F2N2/c1-5-2-3-6(4-7(5)10)8(15-14)9(11,12)13/h2-4,8,15H,14H2,1H3. The fraction of sp³-hybridized carbons (Fsp3) is 0.333. The lowest BCUT2D eigenvalue weighted by Gasteiger charge is -2.21. The minimum atomic E-state index is -3.46. The number of hydrogen-bond acceptors (Lipinski definition) is 2. The van der Waals surface area contributed by atoms with Gasteiger partial charge in [0.1, 0.15) is 6.04 Å². The van der Waals surface area contributed by atoms with Gasteiger partial charge in [0.25, 0.3) is 0 Å². The van der Waals surface area contributed by atoms with E-state index >= 15 is 0 Å². The molecule has 1 unspecified atom stereocenters. The van der Waals surface area contributed by atoms with E-state index < -0.39 is 11.4 Å². The molecule has 0 spiro atoms. The van der Waals surface area contributed by atoms with Crippen molar-refractivity contribution in [3.8, 4) is 0 Å². The van der Waals surface area contributed by atoms with Gasteiger partial charge in [0.2, 0.25) is 0 Å². The van der Waals surface area contributed by atoms with Crippen molar-refractivity contribution in [2.45, 2.75) is 18.3 Å². The van der Waals surface area contributed by atoms with Gasteiger partial charge in [-0.15, -0.1) is 0 Å². The van der Waals surface area contributed by atoms with Crippen molar-refractivity contribution < 1.29 is 8.78 Å². The molecular weight excluding hydrogens is 245 g/mol. The van der Waals surface area contributed by atoms with Crippen molar-refractivity contribution in [3.05, 3.63) is 34.3 Å². The lowest BCUT2D eigenvalue weighted by Crippen LogP contribution is -2.37. The Labute approximate surface area is 96.3 Å². The Balaban J connectivity index is 3.08. The number of rotatable bonds is 3. The smallest absolute Gasteiger partial charge is 0.271 e. The van der Waals surface area contributed by atoms with Crippen LogP contribution >= 0.6 is 23.2 Å². The quantitative estimate of drug-likeness (QED) is 0.495. The molecule has 0 aliphatic heterocycles. The summed E-state index contributed by atoms with van der Waals surface area (Å²) < 4.78 is 25.8. The van der Waals surface area contributed by atoms with Gasteiger partial charge in [0.15, 0.2) is 0 Å². The van der Waals surface area contributed by atoms with E-state index in [0.29, 0.717) is 5.02 Å². The van der Waals surface area contributed by atoms with Gasteiger partial charge < -0.3 is 0 Å². The Kier molecular flexibility index (Phi) is 3.89. The van der Waals surface area contributed by atoms with Gasteiger partial charge in [0, 0.05) is 5.02 Å². The zero-order valence-corrected chi connectivity index (χ0v) is 9.41. The summed E-state index contributed by atoms with van der Waals surface area (Å²) in [6, 6.07) is 3.09. The van der Waals surface area contributed by atoms with Crippen LogP contribution in [-0.4, -0.2) is 5.38 Å². The predicted octanol–water partition coefficient (Wildman–Crippen LogP) is 2.98. The van der Waals surface area contributed by atoms with E-state index in [1.165, 1.54) is 12.1 Å². The molecule has 1 aromatic carbocycles. The van der Waals surface area contributed by atoms with E-state index in [2.05, 4.69) is 0 Å². The number of aryl methyl sites for hydroxylation is 1. The fourth-order valence-electron chi connectivity index (χ4n) is 1.17. The molecule has 1 rings (SSSR count). The topological polar surface area (TPSA) is 38.0 Å². The van der Waals surface area contributed by atoms with Gasteiger partial charge in [0.05, 0.1) is 0 Å². The van der Waals surface area contributed by atoms with Crippen molar-refractivity contribution in [1.82, 2.24) is 5.43 Å². The van der Waals surface area contributed by atoms with Gasteiger partial charge in [-0.05, 0) is 35.7 Å². The normalized spacial score (nSPS) is 14.0. The minimum Gasteiger partial charge on any atom is -0.271 e. The second kappa shape index (κ2) is 4.61. The summed E-state index contributed by atoms with van der Waals surface area (Å²) in [5.41, 5.74) is 3.01. The van der Waals surface area contributed by atoms with E-state index in [1.807, 2.05) is 5.43 Å². The van der Waals surface area contributed by atoms with Gasteiger partial charge in [-0.2, -0.15) is 8.78 Å². The highest BCUT2D eigenvalue weighted by Gasteiger charge is 2.37. The molecule has 15 heavy (non-hydrogen) atoms. The Morgan fingerprint density at radius 1 is 1.47 bits per heavy atom. The van der Waals surface area contributed by atoms with E-state index in [1.54, 1.807) is 13.0 Å². The first-order chi connectivity index (χ1) is 6.86. The second-order valence-electron chi connectivity index (χ2n) is 3.15. The number of hydrogen-bond donors (Lipinski definition) is 2. The van der Waals surface area contributed by atoms with Crippen molar-refractivity contribution >= 4 is 23.2 Å². The zero-order valence-electron chi connectivity index (χ0n) is 7.90. The zero-order chi connectivity index (χ0) is 11.6. The Hall–Kier alpha value is -0.420. The lowest BCUT2D eigenvalue weighted by molar-refractivity contribution is 0.0497. The van der Waals surface area contributed by atoms with Gasteiger partial charge in [-0.25, -0.2) is 5.43 Å². The molecule has 0 aromatic heterocycles. The number of nitrogens with two attached hydrogens (primary N) is 1. The molecule has 0 radical (unpaired) electrons. The SMILES string of the molecule is Cc1ccc(C(NN)C(F)(F)Cl)cc1Cl. The predicted molar refractivity (Wildman–Crippen MR) is 57.1 cm³/mol. The van der Waals surface area contributed by atoms with E-state index in [4.69, 9.17) is 29.0 Å². The summed E-state index contributed by atoms with van der Waals surface area (Å²) in [4.78, 5) is 0. The van der Waals surface area contributed by atoms with Crippen LogP contribution in [-0.2, 0) is 0 Å². The molecule has 0 heterocycles. The van der Waals surface area contributed by atoms with Crippen LogP contribution < -0.4 is 11.3 Å². The Morgan fingerprint density at radius 3 is 2.47 bits per heavy atom. The molecular formula is C9H10Cl2F2N2. The first-order valence-corrected chi connectivity index (χ1v) is 4.90. The largest absolute Gasteiger partial charge is 0.342 e. The van der Waals surface area contributed by atoms with Crippen LogP contribution in [0.5, 0.6) is 0 Å². The maximum absolute atomic E-state index is 12.9. The van der Waals surface area contributed by atoms with E-state index in [9.17, 15) is 8.78 Å². The van der Waals surface area contributed by atoms with Crippen LogP contribution in [0.1, 0.15) is 17.2 Å². The summed E-state index contributed by atoms with van der Waals surface area (Å²) in [6.07, 6.45) is 0. The third kappa shape index (κ3) is 3.01. The minimum absolute atomic E-state index is 0.244. The van der Waals surface area contributed by atoms with Crippen LogP contribution in [0.4, 0.5) is 8.78 Å². The Bertz CT molecular complexity index is 352. The number of benzene rings is 1. The van der Waals surface area contributed by atoms with Crippen molar-refractivity contribution in [1.29, 1.82) is 0 Å². The average Bonchev–Trinajstić information content (AvgIpc) is 2.10. The monoisotopic (exact) mass is 254 g/mol. The summed E-state index contributed by atoms with van der Waals surface area (Å²) in [6.45, 7) is 1.77. The summed E-state index contributed by atoms with van der Waals surface area (Å²) in [7, 11) is 0. The number of hydrazine groups is 1. The molecule has 0 saturated heterocycles. The first kappa shape index (κ1) is 12.6. The van der Waals surface area contributed by atoms with E-state index in [-0.39, 0.29) is 5.56 Å². The Morgan fingerprint density at radius 2 is 2.07 bits per heavy atom. The van der Waals surface area contributed by atoms with Gasteiger partial charge >= 0.3 is 5.38 Å². The molecule has 0 aliphatic rings. The summed E-state index contributed by atoms with van der Waals surface area (Å²) in [5.74, 6) is 5.02. The average molecular weight is 255 g/mol. The third-order valence-corrected chi connectivity index (χ3v) is 2.65. The third-order valence-electron chi connectivity index (χ3n) is 2.02. The molecule has 0 fully saturated rings. The first-order valence-electron chi connectivity index (χ1n) is 4.15. The molecule has 2 nitrogen and oxygen atoms in total. The van der Waals surface area contributed by atoms with Crippen LogP contribution in [0.3, 0.4) is 0 Å². The molecule has 84 valence electrons. The maximum atomic E-state index is 12.9. The van der Waals surface area contributed by atoms with E-state index in [0.717, 1.165) is 5.56 Å². The van der Waals surface area contributed by atoms with Crippen molar-refractivity contribution in [2.24, 2.45) is 5.84 Å². The highest BCUT2D eigenvalue weighted by molar-refractivity contribution is 6.31.